The molecule has 0 bridgehead atoms. The van der Waals surface area contributed by atoms with Crippen LogP contribution >= 0.6 is 0 Å². The first-order valence-corrected chi connectivity index (χ1v) is 5.26. The predicted molar refractivity (Wildman–Crippen MR) is 43.6 cm³/mol. The van der Waals surface area contributed by atoms with Gasteiger partial charge in [0.05, 0.1) is 17.8 Å². The molecule has 10 heteroatoms. The molecular formula is C6H10LiMtNO6S. The maximum absolute atomic E-state index is 10.5. The van der Waals surface area contributed by atoms with Crippen LogP contribution in [0.4, 0.5) is 0 Å². The molecule has 0 rings (SSSR count). The Morgan fingerprint density at radius 2 is 1.88 bits per heavy atom. The third-order valence-corrected chi connectivity index (χ3v) is 2.08. The van der Waals surface area contributed by atoms with E-state index in [1.165, 1.54) is 0 Å². The topological polar surface area (TPSA) is 124 Å². The van der Waals surface area contributed by atoms with Crippen molar-refractivity contribution in [1.29, 1.82) is 0 Å². The van der Waals surface area contributed by atoms with Crippen LogP contribution in [0, 0.1) is 0 Å². The van der Waals surface area contributed by atoms with Crippen molar-refractivity contribution in [2.24, 2.45) is 0 Å². The van der Waals surface area contributed by atoms with Crippen LogP contribution in [0.25, 0.3) is 0 Å². The molecule has 1 unspecified atom stereocenters. The molecule has 0 fully saturated rings. The number of hydrogen-bond acceptors (Lipinski definition) is 5. The van der Waals surface area contributed by atoms with Gasteiger partial charge in [0, 0.05) is 6.92 Å². The first-order chi connectivity index (χ1) is 6.22. The Morgan fingerprint density at radius 3 is 2.12 bits per heavy atom. The van der Waals surface area contributed by atoms with Crippen molar-refractivity contribution in [2.75, 3.05) is 5.75 Å². The summed E-state index contributed by atoms with van der Waals surface area (Å²) in [5.41, 5.74) is 0. The molecule has 1 amide bonds. The second-order valence-electron chi connectivity index (χ2n) is 2.65. The molecule has 0 spiro atoms. The van der Waals surface area contributed by atoms with Gasteiger partial charge in [0.25, 0.3) is 10.1 Å². The number of carbonyl (C=O) groups excluding carboxylic acids is 2. The fraction of sp³-hybridized carbons (Fsp3) is 0.667. The average Bonchev–Trinajstić information content (AvgIpc) is 1.94. The first-order valence-electron chi connectivity index (χ1n) is 3.65. The van der Waals surface area contributed by atoms with Gasteiger partial charge in [-0.05, 0) is 6.42 Å². The number of hydrogen-bond donors (Lipinski definition) is 2. The molecule has 84 valence electrons. The van der Waals surface area contributed by atoms with Crippen molar-refractivity contribution in [1.82, 2.24) is 5.32 Å². The van der Waals surface area contributed by atoms with E-state index in [0.717, 1.165) is 6.92 Å². The van der Waals surface area contributed by atoms with Crippen molar-refractivity contribution < 1.29 is 46.5 Å². The van der Waals surface area contributed by atoms with Gasteiger partial charge in [-0.25, -0.2) is 0 Å². The van der Waals surface area contributed by atoms with Crippen LogP contribution in [0.2, 0.25) is 0 Å². The number of carboxylic acids is 1. The van der Waals surface area contributed by atoms with E-state index in [1.54, 1.807) is 0 Å². The van der Waals surface area contributed by atoms with Gasteiger partial charge in [-0.1, -0.05) is 0 Å². The molecule has 7 nitrogen and oxygen atoms in total. The van der Waals surface area contributed by atoms with Gasteiger partial charge in [0.15, 0.2) is 0 Å². The Bertz CT molecular complexity index is 332. The van der Waals surface area contributed by atoms with Crippen LogP contribution in [-0.4, -0.2) is 36.6 Å². The summed E-state index contributed by atoms with van der Waals surface area (Å²) >= 11 is 0. The van der Waals surface area contributed by atoms with Crippen LogP contribution in [-0.2, 0) is 19.7 Å². The smallest absolute Gasteiger partial charge is 0.548 e. The zero-order chi connectivity index (χ0) is 11.4. The minimum absolute atomic E-state index is 0. The van der Waals surface area contributed by atoms with Crippen LogP contribution in [0.5, 0.6) is 0 Å². The second kappa shape index (κ2) is 7.70. The number of carboxylic acid groups (broad SMARTS) is 1. The van der Waals surface area contributed by atoms with Gasteiger partial charge < -0.3 is 15.2 Å². The molecular weight excluding hydrogens is 499 g/mol. The molecule has 0 aliphatic carbocycles. The summed E-state index contributed by atoms with van der Waals surface area (Å²) in [6.45, 7) is 1.09. The van der Waals surface area contributed by atoms with E-state index in [4.69, 9.17) is 4.55 Å². The maximum Gasteiger partial charge on any atom is 1.00 e. The Kier molecular flexibility index (Phi) is 9.60. The van der Waals surface area contributed by atoms with Gasteiger partial charge in [-0.3, -0.25) is 9.35 Å². The van der Waals surface area contributed by atoms with Crippen LogP contribution in [0.3, 0.4) is 0 Å². The fourth-order valence-corrected chi connectivity index (χ4v) is 1.29. The van der Waals surface area contributed by atoms with E-state index >= 15 is 0 Å². The number of rotatable bonds is 5. The summed E-state index contributed by atoms with van der Waals surface area (Å²) in [5, 5.41) is 12.3. The van der Waals surface area contributed by atoms with Crippen molar-refractivity contribution in [3.05, 3.63) is 0 Å². The number of carbonyl (C=O) groups is 2. The molecule has 0 saturated heterocycles. The summed E-state index contributed by atoms with van der Waals surface area (Å²) < 4.78 is 28.9. The molecule has 0 aromatic rings. The van der Waals surface area contributed by atoms with Crippen LogP contribution in [0.15, 0.2) is 0 Å². The monoisotopic (exact) mass is 509 g/mol. The number of amides is 1. The summed E-state index contributed by atoms with van der Waals surface area (Å²) in [7, 11) is -4.23. The molecule has 1 atom stereocenters. The molecule has 16 heavy (non-hydrogen) atoms. The summed E-state index contributed by atoms with van der Waals surface area (Å²) in [4.78, 5) is 20.8. The Hall–Kier alpha value is -1.55. The van der Waals surface area contributed by atoms with Gasteiger partial charge in [-0.2, -0.15) is 8.42 Å². The zero-order valence-corrected chi connectivity index (χ0v) is 16.5. The predicted octanol–water partition coefficient (Wildman–Crippen LogP) is -5.48. The summed E-state index contributed by atoms with van der Waals surface area (Å²) in [5.74, 6) is -2.95. The Balaban J connectivity index is -0.000000845. The SMILES string of the molecule is CC(=O)NC(CCS(=O)(=O)O)C(=O)[O-].[Li+].[Mt]. The zero-order valence-electron chi connectivity index (χ0n) is 9.10. The molecule has 0 aromatic heterocycles. The van der Waals surface area contributed by atoms with E-state index in [1.807, 2.05) is 5.32 Å². The van der Waals surface area contributed by atoms with Gasteiger partial charge in [0.1, 0.15) is 0 Å². The minimum Gasteiger partial charge on any atom is -0.548 e. The molecule has 0 heterocycles. The molecule has 2 N–H and O–H groups in total. The van der Waals surface area contributed by atoms with E-state index in [0.29, 0.717) is 0 Å². The van der Waals surface area contributed by atoms with Gasteiger partial charge in [0.2, 0.25) is 5.91 Å². The van der Waals surface area contributed by atoms with E-state index in [2.05, 4.69) is 0 Å². The molecule has 0 aliphatic rings. The second-order valence-corrected chi connectivity index (χ2v) is 4.22. The van der Waals surface area contributed by atoms with E-state index in [9.17, 15) is 23.1 Å². The Morgan fingerprint density at radius 1 is 1.44 bits per heavy atom. The third kappa shape index (κ3) is 10.5. The summed E-state index contributed by atoms with van der Waals surface area (Å²) in [6, 6.07) is -1.41. The third-order valence-electron chi connectivity index (χ3n) is 1.33. The molecule has 0 aliphatic heterocycles. The van der Waals surface area contributed by atoms with Gasteiger partial charge in [-0.15, -0.1) is 0 Å². The fourth-order valence-electron chi connectivity index (χ4n) is 0.761. The normalized spacial score (nSPS) is 11.6. The standard InChI is InChI=1S/C6H11NO6S.Li.Mt/c1-4(8)7-5(6(9)10)2-3-14(11,12)13;;/h5H,2-3H2,1H3,(H,7,8)(H,9,10)(H,11,12,13);;/q;+1;/p-1. The molecule has 0 aromatic carbocycles. The maximum atomic E-state index is 10.5. The van der Waals surface area contributed by atoms with Crippen molar-refractivity contribution in [3.8, 4) is 0 Å². The minimum atomic E-state index is -4.23. The van der Waals surface area contributed by atoms with Crippen molar-refractivity contribution >= 4 is 22.0 Å². The molecule has 0 saturated carbocycles. The number of nitrogens with one attached hydrogen (secondary N) is 1. The van der Waals surface area contributed by atoms with Crippen molar-refractivity contribution in [3.63, 3.8) is 0 Å². The van der Waals surface area contributed by atoms with Crippen molar-refractivity contribution in [2.45, 2.75) is 19.4 Å². The first kappa shape index (κ1) is 19.9. The van der Waals surface area contributed by atoms with Crippen LogP contribution < -0.4 is 29.3 Å². The van der Waals surface area contributed by atoms with E-state index < -0.39 is 40.2 Å². The van der Waals surface area contributed by atoms with E-state index in [-0.39, 0.29) is 18.9 Å². The largest absolute Gasteiger partial charge is 1.00 e. The average molecular weight is 509 g/mol. The van der Waals surface area contributed by atoms with Crippen LogP contribution in [0.1, 0.15) is 13.3 Å². The van der Waals surface area contributed by atoms with Gasteiger partial charge >= 0.3 is 18.9 Å². The summed E-state index contributed by atoms with van der Waals surface area (Å²) in [6.07, 6.45) is -0.430. The molecule has 0 radical (unpaired) electrons. The quantitative estimate of drug-likeness (QED) is 0.282. The Labute approximate surface area is 99.2 Å². The number of aliphatic carboxylic acids is 1.